The summed E-state index contributed by atoms with van der Waals surface area (Å²) in [6, 6.07) is 0. The molecule has 0 bridgehead atoms. The highest BCUT2D eigenvalue weighted by atomic mass is 15.1. The molecule has 0 spiro atoms. The number of unbranched alkanes of at least 4 members (excludes halogenated alkanes) is 1. The van der Waals surface area contributed by atoms with Crippen molar-refractivity contribution in [3.8, 4) is 0 Å². The van der Waals surface area contributed by atoms with Crippen LogP contribution in [-0.4, -0.2) is 7.05 Å². The molecule has 0 aromatic heterocycles. The number of hydrogen-bond acceptors (Lipinski definition) is 2. The van der Waals surface area contributed by atoms with Crippen molar-refractivity contribution in [1.29, 1.82) is 0 Å². The summed E-state index contributed by atoms with van der Waals surface area (Å²) < 4.78 is 0. The van der Waals surface area contributed by atoms with Gasteiger partial charge in [0.15, 0.2) is 0 Å². The SMILES string of the molecule is CCC/C=C(/C)N=NC. The van der Waals surface area contributed by atoms with Gasteiger partial charge in [-0.05, 0) is 13.3 Å². The van der Waals surface area contributed by atoms with Gasteiger partial charge in [-0.3, -0.25) is 0 Å². The Morgan fingerprint density at radius 1 is 1.56 bits per heavy atom. The molecule has 2 heteroatoms. The Morgan fingerprint density at radius 3 is 2.67 bits per heavy atom. The van der Waals surface area contributed by atoms with Gasteiger partial charge >= 0.3 is 0 Å². The lowest BCUT2D eigenvalue weighted by Crippen LogP contribution is -1.67. The highest BCUT2D eigenvalue weighted by Crippen LogP contribution is 1.98. The second-order valence-electron chi connectivity index (χ2n) is 1.93. The van der Waals surface area contributed by atoms with Gasteiger partial charge in [0, 0.05) is 7.05 Å². The fourth-order valence-corrected chi connectivity index (χ4v) is 0.552. The number of nitrogens with zero attached hydrogens (tertiary/aromatic N) is 2. The molecule has 0 heterocycles. The first-order chi connectivity index (χ1) is 4.31. The fraction of sp³-hybridized carbons (Fsp3) is 0.714. The molecule has 0 aromatic carbocycles. The van der Waals surface area contributed by atoms with E-state index >= 15 is 0 Å². The molecule has 9 heavy (non-hydrogen) atoms. The first-order valence-electron chi connectivity index (χ1n) is 3.27. The van der Waals surface area contributed by atoms with Crippen LogP contribution in [0.5, 0.6) is 0 Å². The third kappa shape index (κ3) is 5.21. The summed E-state index contributed by atoms with van der Waals surface area (Å²) in [5.41, 5.74) is 1.01. The molecule has 0 fully saturated rings. The lowest BCUT2D eigenvalue weighted by atomic mass is 10.3. The summed E-state index contributed by atoms with van der Waals surface area (Å²) in [6.07, 6.45) is 4.37. The van der Waals surface area contributed by atoms with Crippen LogP contribution in [0, 0.1) is 0 Å². The van der Waals surface area contributed by atoms with Crippen LogP contribution in [0.1, 0.15) is 26.7 Å². The van der Waals surface area contributed by atoms with Crippen molar-refractivity contribution in [2.75, 3.05) is 7.05 Å². The molecule has 0 unspecified atom stereocenters. The fourth-order valence-electron chi connectivity index (χ4n) is 0.552. The third-order valence-corrected chi connectivity index (χ3v) is 0.986. The van der Waals surface area contributed by atoms with Gasteiger partial charge in [0.25, 0.3) is 0 Å². The molecule has 52 valence electrons. The molecular formula is C7H14N2. The molecule has 0 saturated carbocycles. The molecule has 0 radical (unpaired) electrons. The van der Waals surface area contributed by atoms with Crippen molar-refractivity contribution in [1.82, 2.24) is 0 Å². The van der Waals surface area contributed by atoms with Gasteiger partial charge in [-0.15, -0.1) is 0 Å². The molecular weight excluding hydrogens is 112 g/mol. The second-order valence-corrected chi connectivity index (χ2v) is 1.93. The third-order valence-electron chi connectivity index (χ3n) is 0.986. The van der Waals surface area contributed by atoms with E-state index in [0.29, 0.717) is 0 Å². The average molecular weight is 126 g/mol. The molecule has 0 saturated heterocycles. The highest BCUT2D eigenvalue weighted by Gasteiger charge is 1.79. The van der Waals surface area contributed by atoms with Gasteiger partial charge in [-0.25, -0.2) is 0 Å². The quantitative estimate of drug-likeness (QED) is 0.519. The second kappa shape index (κ2) is 5.48. The zero-order valence-corrected chi connectivity index (χ0v) is 6.39. The zero-order chi connectivity index (χ0) is 7.11. The van der Waals surface area contributed by atoms with E-state index in [1.54, 1.807) is 7.05 Å². The minimum atomic E-state index is 1.01. The van der Waals surface area contributed by atoms with E-state index < -0.39 is 0 Å². The van der Waals surface area contributed by atoms with Crippen LogP contribution in [0.25, 0.3) is 0 Å². The maximum absolute atomic E-state index is 3.85. The predicted octanol–water partition coefficient (Wildman–Crippen LogP) is 2.77. The van der Waals surface area contributed by atoms with Crippen LogP contribution in [0.15, 0.2) is 22.0 Å². The normalized spacial score (nSPS) is 13.0. The van der Waals surface area contributed by atoms with Gasteiger partial charge in [0.1, 0.15) is 0 Å². The lowest BCUT2D eigenvalue weighted by molar-refractivity contribution is 0.935. The summed E-state index contributed by atoms with van der Waals surface area (Å²) in [4.78, 5) is 0. The summed E-state index contributed by atoms with van der Waals surface area (Å²) in [6.45, 7) is 4.11. The summed E-state index contributed by atoms with van der Waals surface area (Å²) in [5.74, 6) is 0. The van der Waals surface area contributed by atoms with E-state index in [9.17, 15) is 0 Å². The van der Waals surface area contributed by atoms with Crippen molar-refractivity contribution in [3.05, 3.63) is 11.8 Å². The Labute approximate surface area is 56.7 Å². The molecule has 0 atom stereocenters. The summed E-state index contributed by atoms with van der Waals surface area (Å²) in [7, 11) is 1.68. The van der Waals surface area contributed by atoms with E-state index in [4.69, 9.17) is 0 Å². The minimum absolute atomic E-state index is 1.01. The summed E-state index contributed by atoms with van der Waals surface area (Å²) in [5, 5.41) is 7.49. The maximum Gasteiger partial charge on any atom is 0.0555 e. The Bertz CT molecular complexity index is 114. The van der Waals surface area contributed by atoms with Crippen molar-refractivity contribution < 1.29 is 0 Å². The van der Waals surface area contributed by atoms with Gasteiger partial charge in [0.2, 0.25) is 0 Å². The molecule has 0 rings (SSSR count). The largest absolute Gasteiger partial charge is 0.192 e. The topological polar surface area (TPSA) is 24.7 Å². The van der Waals surface area contributed by atoms with Gasteiger partial charge in [-0.2, -0.15) is 10.2 Å². The Kier molecular flexibility index (Phi) is 5.07. The number of hydrogen-bond donors (Lipinski definition) is 0. The zero-order valence-electron chi connectivity index (χ0n) is 6.39. The minimum Gasteiger partial charge on any atom is -0.192 e. The van der Waals surface area contributed by atoms with Crippen LogP contribution in [0.4, 0.5) is 0 Å². The van der Waals surface area contributed by atoms with Crippen molar-refractivity contribution >= 4 is 0 Å². The van der Waals surface area contributed by atoms with E-state index in [2.05, 4.69) is 23.2 Å². The molecule has 0 N–H and O–H groups in total. The first kappa shape index (κ1) is 8.34. The van der Waals surface area contributed by atoms with Crippen molar-refractivity contribution in [2.45, 2.75) is 26.7 Å². The molecule has 0 amide bonds. The van der Waals surface area contributed by atoms with Crippen LogP contribution in [-0.2, 0) is 0 Å². The van der Waals surface area contributed by atoms with Gasteiger partial charge < -0.3 is 0 Å². The standard InChI is InChI=1S/C7H14N2/c1-4-5-6-7(2)9-8-3/h6H,4-5H2,1-3H3/b7-6-,9-8?. The Hall–Kier alpha value is -0.660. The van der Waals surface area contributed by atoms with Crippen molar-refractivity contribution in [2.24, 2.45) is 10.2 Å². The van der Waals surface area contributed by atoms with Crippen molar-refractivity contribution in [3.63, 3.8) is 0 Å². The monoisotopic (exact) mass is 126 g/mol. The molecule has 0 aromatic rings. The molecule has 0 aliphatic rings. The summed E-state index contributed by atoms with van der Waals surface area (Å²) >= 11 is 0. The Morgan fingerprint density at radius 2 is 2.22 bits per heavy atom. The van der Waals surface area contributed by atoms with Crippen LogP contribution in [0.2, 0.25) is 0 Å². The lowest BCUT2D eigenvalue weighted by Gasteiger charge is -1.87. The number of azo groups is 1. The van der Waals surface area contributed by atoms with Gasteiger partial charge in [-0.1, -0.05) is 19.4 Å². The van der Waals surface area contributed by atoms with Crippen LogP contribution in [0.3, 0.4) is 0 Å². The Balaban J connectivity index is 3.55. The molecule has 0 aliphatic heterocycles. The smallest absolute Gasteiger partial charge is 0.0555 e. The molecule has 0 aliphatic carbocycles. The molecule has 2 nitrogen and oxygen atoms in total. The van der Waals surface area contributed by atoms with E-state index in [-0.39, 0.29) is 0 Å². The van der Waals surface area contributed by atoms with E-state index in [1.807, 2.05) is 6.92 Å². The first-order valence-corrected chi connectivity index (χ1v) is 3.27. The van der Waals surface area contributed by atoms with E-state index in [1.165, 1.54) is 6.42 Å². The highest BCUT2D eigenvalue weighted by molar-refractivity contribution is 4.93. The average Bonchev–Trinajstić information content (AvgIpc) is 1.85. The van der Waals surface area contributed by atoms with Crippen LogP contribution < -0.4 is 0 Å². The van der Waals surface area contributed by atoms with Gasteiger partial charge in [0.05, 0.1) is 5.70 Å². The number of allylic oxidation sites excluding steroid dienone is 2. The predicted molar refractivity (Wildman–Crippen MR) is 39.4 cm³/mol. The van der Waals surface area contributed by atoms with E-state index in [0.717, 1.165) is 12.1 Å². The maximum atomic E-state index is 3.85. The number of rotatable bonds is 3. The van der Waals surface area contributed by atoms with Crippen LogP contribution >= 0.6 is 0 Å².